The predicted molar refractivity (Wildman–Crippen MR) is 143 cm³/mol. The number of morpholine rings is 1. The average molecular weight is 499 g/mol. The molecule has 2 aliphatic heterocycles. The highest BCUT2D eigenvalue weighted by Crippen LogP contribution is 2.29. The van der Waals surface area contributed by atoms with Crippen LogP contribution >= 0.6 is 0 Å². The van der Waals surface area contributed by atoms with Gasteiger partial charge in [-0.1, -0.05) is 12.1 Å². The standard InChI is InChI=1S/C28H34N8O/c1-19-26(20(2)36-28(29-19)30-21(3)33-36)16-22-10-11-35(17-22)25-7-4-23(5-8-25)27-9-6-24(31-32-27)18-34-12-14-37-15-13-34/h4-9,22H,10-18H2,1-3H3/t22-/m1/s1. The molecule has 0 saturated carbocycles. The molecule has 0 amide bonds. The van der Waals surface area contributed by atoms with Gasteiger partial charge < -0.3 is 9.64 Å². The molecule has 6 rings (SSSR count). The number of anilines is 1. The Kier molecular flexibility index (Phi) is 6.56. The minimum atomic E-state index is 0.589. The minimum absolute atomic E-state index is 0.589. The van der Waals surface area contributed by atoms with Crippen LogP contribution in [0.2, 0.25) is 0 Å². The average Bonchev–Trinajstić information content (AvgIpc) is 3.54. The van der Waals surface area contributed by atoms with Crippen LogP contribution in [0.25, 0.3) is 17.0 Å². The second kappa shape index (κ2) is 10.1. The van der Waals surface area contributed by atoms with Crippen LogP contribution in [0.5, 0.6) is 0 Å². The zero-order valence-corrected chi connectivity index (χ0v) is 21.9. The van der Waals surface area contributed by atoms with Gasteiger partial charge in [0, 0.05) is 55.4 Å². The maximum atomic E-state index is 5.43. The van der Waals surface area contributed by atoms with Crippen LogP contribution in [-0.2, 0) is 17.7 Å². The quantitative estimate of drug-likeness (QED) is 0.400. The first-order valence-electron chi connectivity index (χ1n) is 13.2. The smallest absolute Gasteiger partial charge is 0.252 e. The molecule has 0 aliphatic carbocycles. The van der Waals surface area contributed by atoms with Gasteiger partial charge in [-0.25, -0.2) is 9.50 Å². The molecule has 2 aliphatic rings. The molecular formula is C28H34N8O. The Morgan fingerprint density at radius 1 is 0.919 bits per heavy atom. The lowest BCUT2D eigenvalue weighted by Crippen LogP contribution is -2.35. The van der Waals surface area contributed by atoms with Gasteiger partial charge in [0.2, 0.25) is 0 Å². The van der Waals surface area contributed by atoms with E-state index in [1.54, 1.807) is 0 Å². The number of aryl methyl sites for hydroxylation is 3. The minimum Gasteiger partial charge on any atom is -0.379 e. The van der Waals surface area contributed by atoms with Crippen LogP contribution in [0.4, 0.5) is 5.69 Å². The first-order chi connectivity index (χ1) is 18.0. The van der Waals surface area contributed by atoms with Gasteiger partial charge in [0.1, 0.15) is 5.82 Å². The Hall–Kier alpha value is -3.43. The van der Waals surface area contributed by atoms with Crippen molar-refractivity contribution in [2.24, 2.45) is 5.92 Å². The van der Waals surface area contributed by atoms with Crippen LogP contribution in [0.1, 0.15) is 34.9 Å². The van der Waals surface area contributed by atoms with Gasteiger partial charge in [0.25, 0.3) is 5.78 Å². The number of fused-ring (bicyclic) bond motifs is 1. The molecule has 0 bridgehead atoms. The van der Waals surface area contributed by atoms with Gasteiger partial charge >= 0.3 is 0 Å². The van der Waals surface area contributed by atoms with E-state index in [4.69, 9.17) is 9.72 Å². The fraction of sp³-hybridized carbons (Fsp3) is 0.464. The Bertz CT molecular complexity index is 1380. The summed E-state index contributed by atoms with van der Waals surface area (Å²) in [6.07, 6.45) is 2.19. The SMILES string of the molecule is Cc1nc2nc(C)c(C[C@H]3CCN(c4ccc(-c5ccc(CN6CCOCC6)nn5)cc4)C3)c(C)n2n1. The summed E-state index contributed by atoms with van der Waals surface area (Å²) >= 11 is 0. The van der Waals surface area contributed by atoms with E-state index in [2.05, 4.69) is 80.3 Å². The number of hydrogen-bond acceptors (Lipinski definition) is 8. The van der Waals surface area contributed by atoms with Crippen molar-refractivity contribution in [2.75, 3.05) is 44.3 Å². The molecule has 2 fully saturated rings. The van der Waals surface area contributed by atoms with E-state index in [1.807, 2.05) is 11.4 Å². The van der Waals surface area contributed by atoms with Gasteiger partial charge in [-0.05, 0) is 69.4 Å². The molecule has 3 aromatic heterocycles. The third kappa shape index (κ3) is 5.06. The molecule has 2 saturated heterocycles. The van der Waals surface area contributed by atoms with Crippen LogP contribution in [-0.4, -0.2) is 74.1 Å². The zero-order valence-electron chi connectivity index (χ0n) is 21.9. The van der Waals surface area contributed by atoms with Crippen LogP contribution in [0.3, 0.4) is 0 Å². The van der Waals surface area contributed by atoms with Crippen molar-refractivity contribution in [1.82, 2.24) is 34.7 Å². The van der Waals surface area contributed by atoms with Gasteiger partial charge in [-0.2, -0.15) is 20.3 Å². The van der Waals surface area contributed by atoms with Crippen molar-refractivity contribution in [3.05, 3.63) is 64.9 Å². The summed E-state index contributed by atoms with van der Waals surface area (Å²) in [6.45, 7) is 12.6. The lowest BCUT2D eigenvalue weighted by molar-refractivity contribution is 0.0335. The molecule has 0 N–H and O–H groups in total. The maximum absolute atomic E-state index is 5.43. The highest BCUT2D eigenvalue weighted by atomic mass is 16.5. The topological polar surface area (TPSA) is 84.6 Å². The Morgan fingerprint density at radius 2 is 1.73 bits per heavy atom. The second-order valence-corrected chi connectivity index (χ2v) is 10.3. The van der Waals surface area contributed by atoms with Crippen LogP contribution < -0.4 is 4.90 Å². The van der Waals surface area contributed by atoms with E-state index in [0.29, 0.717) is 11.7 Å². The molecule has 1 aromatic carbocycles. The normalized spacial score (nSPS) is 18.7. The number of benzene rings is 1. The van der Waals surface area contributed by atoms with E-state index < -0.39 is 0 Å². The number of rotatable bonds is 6. The van der Waals surface area contributed by atoms with Gasteiger partial charge in [-0.15, -0.1) is 0 Å². The summed E-state index contributed by atoms with van der Waals surface area (Å²) in [6, 6.07) is 12.9. The monoisotopic (exact) mass is 498 g/mol. The fourth-order valence-corrected chi connectivity index (χ4v) is 5.56. The fourth-order valence-electron chi connectivity index (χ4n) is 5.56. The summed E-state index contributed by atoms with van der Waals surface area (Å²) in [7, 11) is 0. The summed E-state index contributed by atoms with van der Waals surface area (Å²) in [5.41, 5.74) is 7.80. The largest absolute Gasteiger partial charge is 0.379 e. The zero-order chi connectivity index (χ0) is 25.4. The van der Waals surface area contributed by atoms with E-state index in [0.717, 1.165) is 86.5 Å². The number of hydrogen-bond donors (Lipinski definition) is 0. The Balaban J connectivity index is 1.09. The lowest BCUT2D eigenvalue weighted by Gasteiger charge is -2.25. The molecule has 0 unspecified atom stereocenters. The molecule has 192 valence electrons. The molecule has 1 atom stereocenters. The van der Waals surface area contributed by atoms with Gasteiger partial charge in [0.15, 0.2) is 0 Å². The summed E-state index contributed by atoms with van der Waals surface area (Å²) in [5.74, 6) is 2.05. The van der Waals surface area contributed by atoms with Crippen LogP contribution in [0.15, 0.2) is 36.4 Å². The number of ether oxygens (including phenoxy) is 1. The van der Waals surface area contributed by atoms with E-state index >= 15 is 0 Å². The maximum Gasteiger partial charge on any atom is 0.252 e. The lowest BCUT2D eigenvalue weighted by atomic mass is 9.96. The van der Waals surface area contributed by atoms with Gasteiger partial charge in [0.05, 0.1) is 24.6 Å². The first-order valence-corrected chi connectivity index (χ1v) is 13.2. The summed E-state index contributed by atoms with van der Waals surface area (Å²) in [5, 5.41) is 13.5. The molecule has 4 aromatic rings. The van der Waals surface area contributed by atoms with Crippen molar-refractivity contribution >= 4 is 11.5 Å². The molecule has 9 heteroatoms. The van der Waals surface area contributed by atoms with E-state index in [-0.39, 0.29) is 0 Å². The molecule has 9 nitrogen and oxygen atoms in total. The van der Waals surface area contributed by atoms with Crippen molar-refractivity contribution in [2.45, 2.75) is 40.2 Å². The second-order valence-electron chi connectivity index (χ2n) is 10.3. The van der Waals surface area contributed by atoms with Crippen molar-refractivity contribution in [3.8, 4) is 11.3 Å². The van der Waals surface area contributed by atoms with Gasteiger partial charge in [-0.3, -0.25) is 4.90 Å². The van der Waals surface area contributed by atoms with Crippen molar-refractivity contribution in [3.63, 3.8) is 0 Å². The van der Waals surface area contributed by atoms with E-state index in [9.17, 15) is 0 Å². The highest BCUT2D eigenvalue weighted by molar-refractivity contribution is 5.63. The molecule has 0 radical (unpaired) electrons. The van der Waals surface area contributed by atoms with Crippen molar-refractivity contribution in [1.29, 1.82) is 0 Å². The first kappa shape index (κ1) is 23.9. The predicted octanol–water partition coefficient (Wildman–Crippen LogP) is 3.41. The Labute approximate surface area is 217 Å². The van der Waals surface area contributed by atoms with Crippen molar-refractivity contribution < 1.29 is 4.74 Å². The number of aromatic nitrogens is 6. The highest BCUT2D eigenvalue weighted by Gasteiger charge is 2.25. The third-order valence-electron chi connectivity index (χ3n) is 7.67. The molecular weight excluding hydrogens is 464 g/mol. The summed E-state index contributed by atoms with van der Waals surface area (Å²) in [4.78, 5) is 14.0. The Morgan fingerprint density at radius 3 is 2.49 bits per heavy atom. The summed E-state index contributed by atoms with van der Waals surface area (Å²) < 4.78 is 7.32. The molecule has 37 heavy (non-hydrogen) atoms. The molecule has 0 spiro atoms. The third-order valence-corrected chi connectivity index (χ3v) is 7.67. The molecule has 5 heterocycles. The van der Waals surface area contributed by atoms with Crippen LogP contribution in [0, 0.1) is 26.7 Å². The van der Waals surface area contributed by atoms with E-state index in [1.165, 1.54) is 17.7 Å². The number of nitrogens with zero attached hydrogens (tertiary/aromatic N) is 8.